The largest absolute Gasteiger partial charge is 0.339 e. The van der Waals surface area contributed by atoms with Crippen molar-refractivity contribution in [2.45, 2.75) is 33.1 Å². The molecule has 0 aromatic carbocycles. The molecule has 1 saturated heterocycles. The Hall–Kier alpha value is -1.09. The van der Waals surface area contributed by atoms with Crippen LogP contribution in [-0.2, 0) is 4.79 Å². The molecule has 1 aliphatic heterocycles. The highest BCUT2D eigenvalue weighted by Gasteiger charge is 2.18. The molecule has 1 fully saturated rings. The van der Waals surface area contributed by atoms with Crippen LogP contribution < -0.4 is 5.32 Å². The molecule has 1 rings (SSSR count). The number of hydrogen-bond donors (Lipinski definition) is 1. The van der Waals surface area contributed by atoms with Crippen LogP contribution in [0, 0.1) is 5.92 Å². The Labute approximate surface area is 111 Å². The highest BCUT2D eigenvalue weighted by atomic mass is 16.2. The molecule has 102 valence electrons. The zero-order valence-corrected chi connectivity index (χ0v) is 11.7. The first-order valence-electron chi connectivity index (χ1n) is 7.07. The Kier molecular flexibility index (Phi) is 7.42. The van der Waals surface area contributed by atoms with Crippen molar-refractivity contribution < 1.29 is 4.79 Å². The second-order valence-electron chi connectivity index (χ2n) is 4.88. The first-order chi connectivity index (χ1) is 8.77. The maximum Gasteiger partial charge on any atom is 0.246 e. The second-order valence-corrected chi connectivity index (χ2v) is 4.88. The normalized spacial score (nSPS) is 20.7. The molecule has 1 unspecified atom stereocenters. The lowest BCUT2D eigenvalue weighted by atomic mass is 9.99. The molecular formula is C15H26N2O. The van der Waals surface area contributed by atoms with Crippen LogP contribution in [0.2, 0.25) is 0 Å². The number of amides is 1. The van der Waals surface area contributed by atoms with Crippen molar-refractivity contribution in [3.63, 3.8) is 0 Å². The van der Waals surface area contributed by atoms with Gasteiger partial charge in [0.15, 0.2) is 0 Å². The maximum absolute atomic E-state index is 12.1. The number of carbonyl (C=O) groups is 1. The van der Waals surface area contributed by atoms with Gasteiger partial charge in [-0.25, -0.2) is 0 Å². The average Bonchev–Trinajstić information content (AvgIpc) is 2.39. The van der Waals surface area contributed by atoms with Gasteiger partial charge in [-0.15, -0.1) is 0 Å². The number of nitrogens with zero attached hydrogens (tertiary/aromatic N) is 1. The summed E-state index contributed by atoms with van der Waals surface area (Å²) in [5.74, 6) is 0.755. The fourth-order valence-electron chi connectivity index (χ4n) is 2.31. The minimum Gasteiger partial charge on any atom is -0.339 e. The topological polar surface area (TPSA) is 32.3 Å². The van der Waals surface area contributed by atoms with Gasteiger partial charge in [-0.2, -0.15) is 0 Å². The summed E-state index contributed by atoms with van der Waals surface area (Å²) in [4.78, 5) is 14.1. The monoisotopic (exact) mass is 250 g/mol. The summed E-state index contributed by atoms with van der Waals surface area (Å²) in [5, 5.41) is 3.41. The molecule has 1 amide bonds. The van der Waals surface area contributed by atoms with E-state index in [-0.39, 0.29) is 5.91 Å². The van der Waals surface area contributed by atoms with Crippen molar-refractivity contribution in [3.8, 4) is 0 Å². The van der Waals surface area contributed by atoms with Gasteiger partial charge in [0.05, 0.1) is 0 Å². The van der Waals surface area contributed by atoms with Crippen molar-refractivity contribution >= 4 is 5.91 Å². The lowest BCUT2D eigenvalue weighted by Crippen LogP contribution is -2.40. The molecule has 18 heavy (non-hydrogen) atoms. The quantitative estimate of drug-likeness (QED) is 0.580. The molecule has 0 aromatic heterocycles. The number of nitrogens with one attached hydrogen (secondary N) is 1. The molecule has 0 saturated carbocycles. The van der Waals surface area contributed by atoms with E-state index in [1.54, 1.807) is 6.08 Å². The first-order valence-corrected chi connectivity index (χ1v) is 7.07. The molecular weight excluding hydrogens is 224 g/mol. The molecule has 1 heterocycles. The maximum atomic E-state index is 12.1. The summed E-state index contributed by atoms with van der Waals surface area (Å²) >= 11 is 0. The van der Waals surface area contributed by atoms with Crippen molar-refractivity contribution in [1.82, 2.24) is 10.2 Å². The van der Waals surface area contributed by atoms with Gasteiger partial charge >= 0.3 is 0 Å². The minimum atomic E-state index is 0.139. The van der Waals surface area contributed by atoms with Crippen LogP contribution in [0.4, 0.5) is 0 Å². The van der Waals surface area contributed by atoms with Gasteiger partial charge in [0.2, 0.25) is 5.91 Å². The first kappa shape index (κ1) is 15.0. The van der Waals surface area contributed by atoms with Gasteiger partial charge in [0, 0.05) is 19.2 Å². The van der Waals surface area contributed by atoms with Crippen LogP contribution in [-0.4, -0.2) is 37.0 Å². The Morgan fingerprint density at radius 3 is 2.89 bits per heavy atom. The van der Waals surface area contributed by atoms with Crippen LogP contribution in [0.5, 0.6) is 0 Å². The molecule has 0 bridgehead atoms. The minimum absolute atomic E-state index is 0.139. The highest BCUT2D eigenvalue weighted by Crippen LogP contribution is 2.12. The molecule has 0 aliphatic carbocycles. The van der Waals surface area contributed by atoms with E-state index in [4.69, 9.17) is 0 Å². The van der Waals surface area contributed by atoms with E-state index in [9.17, 15) is 4.79 Å². The third-order valence-electron chi connectivity index (χ3n) is 3.23. The van der Waals surface area contributed by atoms with Gasteiger partial charge in [0.1, 0.15) is 0 Å². The lowest BCUT2D eigenvalue weighted by Gasteiger charge is -2.29. The summed E-state index contributed by atoms with van der Waals surface area (Å²) in [6.07, 6.45) is 10.8. The zero-order valence-electron chi connectivity index (χ0n) is 11.7. The van der Waals surface area contributed by atoms with Crippen LogP contribution in [0.15, 0.2) is 24.3 Å². The van der Waals surface area contributed by atoms with E-state index in [0.717, 1.165) is 32.6 Å². The summed E-state index contributed by atoms with van der Waals surface area (Å²) in [5.41, 5.74) is 0. The van der Waals surface area contributed by atoms with Gasteiger partial charge in [-0.1, -0.05) is 25.2 Å². The smallest absolute Gasteiger partial charge is 0.246 e. The SMILES string of the molecule is CC=C/C=C/C(=O)N(CCC)CC1CCCNC1. The molecule has 3 heteroatoms. The third kappa shape index (κ3) is 5.50. The molecule has 0 aromatic rings. The number of rotatable bonds is 6. The Balaban J connectivity index is 2.49. The van der Waals surface area contributed by atoms with Crippen molar-refractivity contribution in [2.24, 2.45) is 5.92 Å². The summed E-state index contributed by atoms with van der Waals surface area (Å²) in [6, 6.07) is 0. The predicted octanol–water partition coefficient (Wildman–Crippen LogP) is 2.36. The third-order valence-corrected chi connectivity index (χ3v) is 3.23. The highest BCUT2D eigenvalue weighted by molar-refractivity contribution is 5.87. The van der Waals surface area contributed by atoms with E-state index >= 15 is 0 Å². The number of allylic oxidation sites excluding steroid dienone is 3. The van der Waals surface area contributed by atoms with Crippen molar-refractivity contribution in [2.75, 3.05) is 26.2 Å². The average molecular weight is 250 g/mol. The van der Waals surface area contributed by atoms with Gasteiger partial charge in [-0.05, 0) is 45.2 Å². The van der Waals surface area contributed by atoms with E-state index < -0.39 is 0 Å². The zero-order chi connectivity index (χ0) is 13.2. The Morgan fingerprint density at radius 2 is 2.28 bits per heavy atom. The van der Waals surface area contributed by atoms with Gasteiger partial charge < -0.3 is 10.2 Å². The molecule has 0 radical (unpaired) electrons. The number of carbonyl (C=O) groups excluding carboxylic acids is 1. The van der Waals surface area contributed by atoms with Crippen LogP contribution in [0.25, 0.3) is 0 Å². The van der Waals surface area contributed by atoms with Crippen LogP contribution in [0.3, 0.4) is 0 Å². The number of piperidine rings is 1. The van der Waals surface area contributed by atoms with E-state index in [1.165, 1.54) is 12.8 Å². The van der Waals surface area contributed by atoms with Crippen molar-refractivity contribution in [3.05, 3.63) is 24.3 Å². The Morgan fingerprint density at radius 1 is 1.44 bits per heavy atom. The fourth-order valence-corrected chi connectivity index (χ4v) is 2.31. The predicted molar refractivity (Wildman–Crippen MR) is 76.4 cm³/mol. The van der Waals surface area contributed by atoms with Crippen LogP contribution in [0.1, 0.15) is 33.1 Å². The molecule has 1 atom stereocenters. The van der Waals surface area contributed by atoms with Gasteiger partial charge in [0.25, 0.3) is 0 Å². The molecule has 0 spiro atoms. The summed E-state index contributed by atoms with van der Waals surface area (Å²) in [7, 11) is 0. The molecule has 1 aliphatic rings. The standard InChI is InChI=1S/C15H26N2O/c1-3-5-6-9-15(18)17(11-4-2)13-14-8-7-10-16-12-14/h3,5-6,9,14,16H,4,7-8,10-13H2,1-2H3/b5-3?,9-6+. The van der Waals surface area contributed by atoms with E-state index in [2.05, 4.69) is 12.2 Å². The van der Waals surface area contributed by atoms with Gasteiger partial charge in [-0.3, -0.25) is 4.79 Å². The Bertz CT molecular complexity index is 291. The van der Waals surface area contributed by atoms with E-state index in [1.807, 2.05) is 30.1 Å². The van der Waals surface area contributed by atoms with Crippen molar-refractivity contribution in [1.29, 1.82) is 0 Å². The summed E-state index contributed by atoms with van der Waals surface area (Å²) in [6.45, 7) is 7.99. The molecule has 3 nitrogen and oxygen atoms in total. The van der Waals surface area contributed by atoms with Crippen LogP contribution >= 0.6 is 0 Å². The number of hydrogen-bond acceptors (Lipinski definition) is 2. The van der Waals surface area contributed by atoms with E-state index in [0.29, 0.717) is 5.92 Å². The fraction of sp³-hybridized carbons (Fsp3) is 0.667. The second kappa shape index (κ2) is 8.92. The molecule has 1 N–H and O–H groups in total. The summed E-state index contributed by atoms with van der Waals surface area (Å²) < 4.78 is 0. The lowest BCUT2D eigenvalue weighted by molar-refractivity contribution is -0.126.